The van der Waals surface area contributed by atoms with Crippen LogP contribution in [0.3, 0.4) is 0 Å². The first-order chi connectivity index (χ1) is 43.4. The molecule has 2 radical (unpaired) electrons. The number of hydrogen-bond donors (Lipinski definition) is 2. The van der Waals surface area contributed by atoms with Crippen molar-refractivity contribution in [1.29, 1.82) is 0 Å². The van der Waals surface area contributed by atoms with Gasteiger partial charge in [0.1, 0.15) is 47.5 Å². The molecule has 18 atom stereocenters. The molecule has 2 N–H and O–H groups in total. The SMILES string of the molecule is COc1ccc2nc3c(nc2c1)O[C@H]1CN(C(=O)[C@H](C(C)(C)C)NC(=O)O[C@@H]2CC4CC4[C@H]2CCC2CC2C3(F)F)[C@H]([C-]=O)[C@@H]1C.COc1ccc2nc3c(nc2c1)O[C@H]1CN(C(=O)[C@H](C(C)(C)C)NC(=O)O[C@]2(C)CCC[C@H]2CCC2CC2C3(F)F)[C@H]([C-]=O)[C@@H]1C.[V].[V]. The summed E-state index contributed by atoms with van der Waals surface area (Å²) in [6.45, 7) is 16.0. The molecule has 2 aromatic carbocycles. The van der Waals surface area contributed by atoms with E-state index < -0.39 is 124 Å². The minimum atomic E-state index is -3.34. The van der Waals surface area contributed by atoms with Crippen molar-refractivity contribution >= 4 is 58.6 Å². The smallest absolute Gasteiger partial charge is 0.408 e. The molecule has 5 saturated carbocycles. The number of halogens is 4. The van der Waals surface area contributed by atoms with E-state index in [2.05, 4.69) is 30.6 Å². The molecule has 4 aromatic rings. The molecule has 7 fully saturated rings. The van der Waals surface area contributed by atoms with Gasteiger partial charge < -0.3 is 58.4 Å². The Balaban J connectivity index is 0.000000201. The number of ether oxygens (including phenoxy) is 6. The molecule has 2 aromatic heterocycles. The molecule has 13 rings (SSSR count). The number of nitrogens with one attached hydrogen (secondary N) is 2. The van der Waals surface area contributed by atoms with E-state index in [0.29, 0.717) is 79.3 Å². The van der Waals surface area contributed by atoms with Crippen molar-refractivity contribution in [3.63, 3.8) is 0 Å². The molecule has 4 aliphatic heterocycles. The van der Waals surface area contributed by atoms with Gasteiger partial charge in [-0.15, -0.1) is 0 Å². The monoisotopic (exact) mass is 1380 g/mol. The Bertz CT molecular complexity index is 3440. The average molecular weight is 1380 g/mol. The largest absolute Gasteiger partial charge is 0.540 e. The number of fused-ring (bicyclic) bond motifs is 14. The van der Waals surface area contributed by atoms with Gasteiger partial charge in [-0.3, -0.25) is 9.59 Å². The molecule has 4 bridgehead atoms. The minimum absolute atomic E-state index is 0. The van der Waals surface area contributed by atoms with Gasteiger partial charge in [-0.05, 0) is 160 Å². The van der Waals surface area contributed by atoms with Gasteiger partial charge in [-0.25, -0.2) is 42.1 Å². The topological polar surface area (TPSA) is 240 Å². The van der Waals surface area contributed by atoms with Crippen LogP contribution >= 0.6 is 0 Å². The molecule has 94 heavy (non-hydrogen) atoms. The number of amides is 4. The van der Waals surface area contributed by atoms with Crippen LogP contribution in [0.4, 0.5) is 27.2 Å². The fourth-order valence-corrected chi connectivity index (χ4v) is 15.8. The van der Waals surface area contributed by atoms with Crippen LogP contribution in [0.5, 0.6) is 23.3 Å². The van der Waals surface area contributed by atoms with Gasteiger partial charge in [0.2, 0.25) is 23.6 Å². The second-order valence-electron chi connectivity index (χ2n) is 29.9. The van der Waals surface area contributed by atoms with Crippen molar-refractivity contribution in [3.05, 3.63) is 47.8 Å². The standard InChI is InChI=1S/C34H41F2N4O6.C34H43F2N4O6.2V/c1-16-25(15-41)40-14-27(16)45-30-28(37-23-9-7-19(44-5)13-24(23)38-30)34(35,36)22-11-17(22)6-8-20-21-10-18(21)12-26(20)46-32(43)39-29(31(40)42)33(2,3)4;1-18-25(17-41)40-16-26(18)45-29-27(37-23-12-11-21(44-6)15-24(23)38-29)34(35,36)22-14-19(22)9-10-20-8-7-13-33(20,5)46-31(43)39-28(30(40)42)32(2,3)4;;/h7,9,13,16-18,20-22,25-27,29H,6,8,10-12,14H2,1-5H3,(H,39,43);11-12,15,18-20,22,25-26,28H,7-10,13-14,16H2,1-6H3,(H,39,43);;/q2*-1;;/t16-,17?,18?,20+,21?,22?,25+,26+,27-,29+;18-,19?,20-,22?,25+,26-,28+,33+;;/m00../s1. The third kappa shape index (κ3) is 13.6. The Morgan fingerprint density at radius 3 is 1.50 bits per heavy atom. The van der Waals surface area contributed by atoms with Crippen LogP contribution < -0.4 is 29.6 Å². The zero-order valence-corrected chi connectivity index (χ0v) is 57.8. The Labute approximate surface area is 569 Å². The number of rotatable bonds is 4. The van der Waals surface area contributed by atoms with Crippen LogP contribution in [0.2, 0.25) is 0 Å². The summed E-state index contributed by atoms with van der Waals surface area (Å²) in [7, 11) is 3.00. The van der Waals surface area contributed by atoms with Crippen molar-refractivity contribution in [3.8, 4) is 23.3 Å². The second-order valence-corrected chi connectivity index (χ2v) is 29.9. The van der Waals surface area contributed by atoms with Crippen molar-refractivity contribution < 1.29 is 112 Å². The fourth-order valence-electron chi connectivity index (χ4n) is 15.8. The van der Waals surface area contributed by atoms with E-state index in [0.717, 1.165) is 25.7 Å². The summed E-state index contributed by atoms with van der Waals surface area (Å²) in [5.74, 6) is -9.90. The van der Waals surface area contributed by atoms with Gasteiger partial charge >= 0.3 is 12.2 Å². The maximum atomic E-state index is 16.5. The molecular formula is C68H84F4N8O12V2-2. The molecule has 508 valence electrons. The maximum Gasteiger partial charge on any atom is 0.408 e. The van der Waals surface area contributed by atoms with Gasteiger partial charge in [-0.1, -0.05) is 67.5 Å². The van der Waals surface area contributed by atoms with E-state index >= 15 is 17.6 Å². The Morgan fingerprint density at radius 1 is 0.574 bits per heavy atom. The van der Waals surface area contributed by atoms with Crippen LogP contribution in [0, 0.1) is 70.0 Å². The average Bonchev–Trinajstić information content (AvgIpc) is 1.55. The first-order valence-electron chi connectivity index (χ1n) is 32.6. The number of aromatic nitrogens is 4. The molecule has 26 heteroatoms. The Hall–Kier alpha value is -5.97. The molecule has 5 aliphatic carbocycles. The first kappa shape index (κ1) is 70.8. The zero-order valence-electron chi connectivity index (χ0n) is 55.0. The van der Waals surface area contributed by atoms with E-state index in [9.17, 15) is 28.8 Å². The van der Waals surface area contributed by atoms with E-state index in [1.54, 1.807) is 50.2 Å². The summed E-state index contributed by atoms with van der Waals surface area (Å²) >= 11 is 0. The van der Waals surface area contributed by atoms with Gasteiger partial charge in [-0.2, -0.15) is 17.6 Å². The Morgan fingerprint density at radius 2 is 1.04 bits per heavy atom. The molecule has 20 nitrogen and oxygen atoms in total. The molecule has 2 saturated heterocycles. The van der Waals surface area contributed by atoms with Crippen LogP contribution in [0.1, 0.15) is 144 Å². The van der Waals surface area contributed by atoms with E-state index in [1.807, 2.05) is 61.0 Å². The van der Waals surface area contributed by atoms with Crippen molar-refractivity contribution in [2.24, 2.45) is 70.0 Å². The fraction of sp³-hybridized carbons (Fsp3) is 0.676. The predicted octanol–water partition coefficient (Wildman–Crippen LogP) is 10.6. The van der Waals surface area contributed by atoms with Crippen molar-refractivity contribution in [2.45, 2.75) is 193 Å². The number of methoxy groups -OCH3 is 2. The molecule has 6 heterocycles. The molecule has 9 aliphatic rings. The maximum absolute atomic E-state index is 16.5. The van der Waals surface area contributed by atoms with E-state index in [-0.39, 0.29) is 103 Å². The summed E-state index contributed by atoms with van der Waals surface area (Å²) < 4.78 is 101. The molecule has 0 spiro atoms. The number of carbonyl (C=O) groups is 4. The summed E-state index contributed by atoms with van der Waals surface area (Å²) in [6, 6.07) is 5.55. The number of carbonyl (C=O) groups excluding carboxylic acids is 6. The molecular weight excluding hydrogens is 1300 g/mol. The van der Waals surface area contributed by atoms with Gasteiger partial charge in [0.25, 0.3) is 11.8 Å². The van der Waals surface area contributed by atoms with Crippen LogP contribution in [-0.2, 0) is 77.6 Å². The third-order valence-corrected chi connectivity index (χ3v) is 21.7. The number of alkyl halides is 4. The number of benzene rings is 2. The van der Waals surface area contributed by atoms with Crippen LogP contribution in [-0.4, -0.2) is 142 Å². The Kier molecular flexibility index (Phi) is 19.9. The number of nitrogens with zero attached hydrogens (tertiary/aromatic N) is 6. The van der Waals surface area contributed by atoms with Gasteiger partial charge in [0.05, 0.1) is 49.4 Å². The number of hydrogen-bond acceptors (Lipinski definition) is 16. The quantitative estimate of drug-likeness (QED) is 0.143. The summed E-state index contributed by atoms with van der Waals surface area (Å²) in [4.78, 5) is 100.0. The van der Waals surface area contributed by atoms with Gasteiger partial charge in [0, 0.05) is 61.1 Å². The summed E-state index contributed by atoms with van der Waals surface area (Å²) in [5, 5.41) is 5.62. The molecule has 4 amide bonds. The van der Waals surface area contributed by atoms with Crippen LogP contribution in [0.25, 0.3) is 22.1 Å². The van der Waals surface area contributed by atoms with E-state index in [4.69, 9.17) is 28.4 Å². The second kappa shape index (κ2) is 26.5. The van der Waals surface area contributed by atoms with Gasteiger partial charge in [0.15, 0.2) is 11.4 Å². The number of alkyl carbamates (subject to hydrolysis) is 2. The third-order valence-electron chi connectivity index (χ3n) is 21.7. The summed E-state index contributed by atoms with van der Waals surface area (Å²) in [5.41, 5.74) is -2.15. The zero-order chi connectivity index (χ0) is 65.9. The first-order valence-corrected chi connectivity index (χ1v) is 32.6. The van der Waals surface area contributed by atoms with E-state index in [1.165, 1.54) is 24.0 Å². The van der Waals surface area contributed by atoms with Crippen molar-refractivity contribution in [2.75, 3.05) is 27.3 Å². The normalized spacial score (nSPS) is 35.0. The van der Waals surface area contributed by atoms with Crippen molar-refractivity contribution in [1.82, 2.24) is 40.4 Å². The molecule has 6 unspecified atom stereocenters. The predicted molar refractivity (Wildman–Crippen MR) is 326 cm³/mol. The minimum Gasteiger partial charge on any atom is -0.540 e. The summed E-state index contributed by atoms with van der Waals surface area (Å²) in [6.07, 6.45) is 7.74. The van der Waals surface area contributed by atoms with Crippen LogP contribution in [0.15, 0.2) is 36.4 Å².